The van der Waals surface area contributed by atoms with Gasteiger partial charge in [0.2, 0.25) is 0 Å². The summed E-state index contributed by atoms with van der Waals surface area (Å²) in [5.41, 5.74) is 2.85. The summed E-state index contributed by atoms with van der Waals surface area (Å²) >= 11 is 0. The number of carbonyl (C=O) groups excluding carboxylic acids is 1. The van der Waals surface area contributed by atoms with Crippen molar-refractivity contribution in [1.29, 1.82) is 0 Å². The van der Waals surface area contributed by atoms with Crippen LogP contribution >= 0.6 is 0 Å². The molecule has 23 heavy (non-hydrogen) atoms. The van der Waals surface area contributed by atoms with Crippen LogP contribution in [-0.4, -0.2) is 23.1 Å². The normalized spacial score (nSPS) is 23.6. The van der Waals surface area contributed by atoms with Gasteiger partial charge in [0.1, 0.15) is 6.61 Å². The molecule has 0 aromatic heterocycles. The minimum absolute atomic E-state index is 0.160. The third-order valence-corrected chi connectivity index (χ3v) is 4.65. The first-order valence-corrected chi connectivity index (χ1v) is 8.61. The van der Waals surface area contributed by atoms with E-state index in [1.54, 1.807) is 0 Å². The van der Waals surface area contributed by atoms with E-state index in [0.717, 1.165) is 31.2 Å². The zero-order valence-electron chi connectivity index (χ0n) is 14.4. The topological polar surface area (TPSA) is 29.5 Å². The molecule has 2 heterocycles. The molecule has 0 aliphatic carbocycles. The Morgan fingerprint density at radius 2 is 1.96 bits per heavy atom. The SMILES string of the molecule is CC(C)(C)CC1=CC2CCC(C1)N2C(=O)OCc1ccccc1. The average molecular weight is 313 g/mol. The van der Waals surface area contributed by atoms with Crippen LogP contribution in [0.2, 0.25) is 0 Å². The molecule has 1 aromatic rings. The first-order chi connectivity index (χ1) is 10.9. The molecule has 1 fully saturated rings. The molecule has 2 aliphatic heterocycles. The van der Waals surface area contributed by atoms with Crippen LogP contribution in [0.3, 0.4) is 0 Å². The largest absolute Gasteiger partial charge is 0.445 e. The fraction of sp³-hybridized carbons (Fsp3) is 0.550. The van der Waals surface area contributed by atoms with Gasteiger partial charge in [0.25, 0.3) is 0 Å². The Bertz CT molecular complexity index is 585. The molecule has 1 aromatic carbocycles. The van der Waals surface area contributed by atoms with Gasteiger partial charge in [-0.1, -0.05) is 62.8 Å². The van der Waals surface area contributed by atoms with E-state index in [1.807, 2.05) is 35.2 Å². The summed E-state index contributed by atoms with van der Waals surface area (Å²) in [7, 11) is 0. The molecule has 1 amide bonds. The molecule has 2 unspecified atom stereocenters. The molecule has 124 valence electrons. The summed E-state index contributed by atoms with van der Waals surface area (Å²) in [6, 6.07) is 10.4. The Balaban J connectivity index is 1.62. The third kappa shape index (κ3) is 3.95. The number of hydrogen-bond acceptors (Lipinski definition) is 2. The summed E-state index contributed by atoms with van der Waals surface area (Å²) in [4.78, 5) is 14.5. The van der Waals surface area contributed by atoms with Gasteiger partial charge in [0.05, 0.1) is 6.04 Å². The number of amides is 1. The molecule has 0 N–H and O–H groups in total. The van der Waals surface area contributed by atoms with Crippen molar-refractivity contribution in [2.45, 2.75) is 65.1 Å². The Labute approximate surface area is 139 Å². The van der Waals surface area contributed by atoms with Gasteiger partial charge in [-0.2, -0.15) is 0 Å². The van der Waals surface area contributed by atoms with Crippen molar-refractivity contribution in [3.8, 4) is 0 Å². The van der Waals surface area contributed by atoms with Crippen LogP contribution in [0.1, 0.15) is 52.0 Å². The van der Waals surface area contributed by atoms with Crippen molar-refractivity contribution in [2.24, 2.45) is 5.41 Å². The van der Waals surface area contributed by atoms with Gasteiger partial charge in [0, 0.05) is 6.04 Å². The van der Waals surface area contributed by atoms with Crippen LogP contribution in [0, 0.1) is 5.41 Å². The summed E-state index contributed by atoms with van der Waals surface area (Å²) in [6.07, 6.45) is 6.44. The number of fused-ring (bicyclic) bond motifs is 2. The van der Waals surface area contributed by atoms with Crippen molar-refractivity contribution in [1.82, 2.24) is 4.90 Å². The maximum absolute atomic E-state index is 12.5. The molecule has 2 atom stereocenters. The van der Waals surface area contributed by atoms with E-state index in [9.17, 15) is 4.79 Å². The lowest BCUT2D eigenvalue weighted by Crippen LogP contribution is -2.43. The Morgan fingerprint density at radius 3 is 2.61 bits per heavy atom. The molecule has 1 saturated heterocycles. The first kappa shape index (κ1) is 16.1. The second-order valence-electron chi connectivity index (χ2n) is 8.01. The van der Waals surface area contributed by atoms with Gasteiger partial charge >= 0.3 is 6.09 Å². The molecule has 0 radical (unpaired) electrons. The molecule has 0 spiro atoms. The highest BCUT2D eigenvalue weighted by molar-refractivity contribution is 5.70. The fourth-order valence-corrected chi connectivity index (χ4v) is 3.81. The van der Waals surface area contributed by atoms with Gasteiger partial charge in [-0.05, 0) is 36.7 Å². The van der Waals surface area contributed by atoms with Crippen molar-refractivity contribution >= 4 is 6.09 Å². The fourth-order valence-electron chi connectivity index (χ4n) is 3.81. The lowest BCUT2D eigenvalue weighted by molar-refractivity contribution is 0.0811. The molecule has 3 nitrogen and oxygen atoms in total. The van der Waals surface area contributed by atoms with E-state index >= 15 is 0 Å². The van der Waals surface area contributed by atoms with Gasteiger partial charge in [-0.15, -0.1) is 0 Å². The maximum atomic E-state index is 12.5. The molecular formula is C20H27NO2. The van der Waals surface area contributed by atoms with E-state index < -0.39 is 0 Å². The number of nitrogens with zero attached hydrogens (tertiary/aromatic N) is 1. The highest BCUT2D eigenvalue weighted by Gasteiger charge is 2.40. The summed E-state index contributed by atoms with van der Waals surface area (Å²) in [5, 5.41) is 0. The van der Waals surface area contributed by atoms with Crippen LogP contribution in [0.25, 0.3) is 0 Å². The molecule has 2 bridgehead atoms. The second-order valence-corrected chi connectivity index (χ2v) is 8.01. The average Bonchev–Trinajstić information content (AvgIpc) is 2.76. The lowest BCUT2D eigenvalue weighted by atomic mass is 9.84. The number of carbonyl (C=O) groups is 1. The van der Waals surface area contributed by atoms with Crippen LogP contribution in [0.15, 0.2) is 42.0 Å². The number of ether oxygens (including phenoxy) is 1. The van der Waals surface area contributed by atoms with E-state index in [1.165, 1.54) is 5.57 Å². The van der Waals surface area contributed by atoms with Crippen LogP contribution in [0.5, 0.6) is 0 Å². The molecular weight excluding hydrogens is 286 g/mol. The number of hydrogen-bond donors (Lipinski definition) is 0. The summed E-state index contributed by atoms with van der Waals surface area (Å²) in [6.45, 7) is 7.18. The van der Waals surface area contributed by atoms with Crippen LogP contribution < -0.4 is 0 Å². The van der Waals surface area contributed by atoms with Crippen LogP contribution in [0.4, 0.5) is 4.79 Å². The zero-order chi connectivity index (χ0) is 16.4. The highest BCUT2D eigenvalue weighted by atomic mass is 16.6. The molecule has 3 rings (SSSR count). The van der Waals surface area contributed by atoms with Gasteiger partial charge in [-0.25, -0.2) is 4.79 Å². The van der Waals surface area contributed by atoms with Crippen molar-refractivity contribution in [2.75, 3.05) is 0 Å². The number of rotatable bonds is 3. The lowest BCUT2D eigenvalue weighted by Gasteiger charge is -2.34. The minimum atomic E-state index is -0.160. The molecule has 3 heteroatoms. The van der Waals surface area contributed by atoms with Crippen molar-refractivity contribution < 1.29 is 9.53 Å². The molecule has 2 aliphatic rings. The van der Waals surface area contributed by atoms with E-state index in [4.69, 9.17) is 4.74 Å². The van der Waals surface area contributed by atoms with E-state index in [0.29, 0.717) is 18.1 Å². The molecule has 0 saturated carbocycles. The summed E-state index contributed by atoms with van der Waals surface area (Å²) < 4.78 is 5.54. The van der Waals surface area contributed by atoms with Gasteiger partial charge in [0.15, 0.2) is 0 Å². The van der Waals surface area contributed by atoms with E-state index in [2.05, 4.69) is 26.8 Å². The quantitative estimate of drug-likeness (QED) is 0.741. The summed E-state index contributed by atoms with van der Waals surface area (Å²) in [5.74, 6) is 0. The Morgan fingerprint density at radius 1 is 1.22 bits per heavy atom. The van der Waals surface area contributed by atoms with E-state index in [-0.39, 0.29) is 12.1 Å². The number of benzene rings is 1. The Kier molecular flexibility index (Phi) is 4.47. The maximum Gasteiger partial charge on any atom is 0.410 e. The van der Waals surface area contributed by atoms with Gasteiger partial charge in [-0.3, -0.25) is 4.90 Å². The smallest absolute Gasteiger partial charge is 0.410 e. The predicted octanol–water partition coefficient (Wildman–Crippen LogP) is 4.92. The third-order valence-electron chi connectivity index (χ3n) is 4.65. The second kappa shape index (κ2) is 6.38. The van der Waals surface area contributed by atoms with Crippen molar-refractivity contribution in [3.05, 3.63) is 47.5 Å². The first-order valence-electron chi connectivity index (χ1n) is 8.61. The monoisotopic (exact) mass is 313 g/mol. The standard InChI is InChI=1S/C20H27NO2/c1-20(2,3)13-16-11-17-9-10-18(12-16)21(17)19(22)23-14-15-7-5-4-6-8-15/h4-8,11,17-18H,9-10,12-14H2,1-3H3. The van der Waals surface area contributed by atoms with Crippen molar-refractivity contribution in [3.63, 3.8) is 0 Å². The zero-order valence-corrected chi connectivity index (χ0v) is 14.4. The highest BCUT2D eigenvalue weighted by Crippen LogP contribution is 2.39. The minimum Gasteiger partial charge on any atom is -0.445 e. The predicted molar refractivity (Wildman–Crippen MR) is 92.0 cm³/mol. The van der Waals surface area contributed by atoms with Crippen LogP contribution in [-0.2, 0) is 11.3 Å². The Hall–Kier alpha value is -1.77. The van der Waals surface area contributed by atoms with Gasteiger partial charge < -0.3 is 4.74 Å².